The summed E-state index contributed by atoms with van der Waals surface area (Å²) in [6.07, 6.45) is 8.88. The van der Waals surface area contributed by atoms with Crippen LogP contribution in [0.4, 0.5) is 5.95 Å². The van der Waals surface area contributed by atoms with E-state index in [9.17, 15) is 9.90 Å². The minimum Gasteiger partial charge on any atom is -0.386 e. The molecule has 2 aromatic rings. The van der Waals surface area contributed by atoms with Crippen molar-refractivity contribution in [2.24, 2.45) is 5.92 Å². The highest BCUT2D eigenvalue weighted by Crippen LogP contribution is 2.38. The fourth-order valence-corrected chi connectivity index (χ4v) is 4.23. The molecule has 0 bridgehead atoms. The lowest BCUT2D eigenvalue weighted by molar-refractivity contribution is -0.117. The minimum atomic E-state index is -0.894. The number of anilines is 1. The van der Waals surface area contributed by atoms with Crippen molar-refractivity contribution in [1.82, 2.24) is 9.55 Å². The second-order valence-electron chi connectivity index (χ2n) is 8.56. The zero-order chi connectivity index (χ0) is 18.3. The van der Waals surface area contributed by atoms with Crippen LogP contribution in [0.15, 0.2) is 18.2 Å². The quantitative estimate of drug-likeness (QED) is 0.829. The van der Waals surface area contributed by atoms with Crippen molar-refractivity contribution in [2.45, 2.75) is 76.9 Å². The highest BCUT2D eigenvalue weighted by molar-refractivity contribution is 5.92. The molecule has 1 aromatic heterocycles. The zero-order valence-electron chi connectivity index (χ0n) is 15.8. The maximum absolute atomic E-state index is 12.5. The lowest BCUT2D eigenvalue weighted by Crippen LogP contribution is -2.23. The van der Waals surface area contributed by atoms with Crippen molar-refractivity contribution >= 4 is 22.9 Å². The average molecular weight is 355 g/mol. The zero-order valence-corrected chi connectivity index (χ0v) is 15.8. The summed E-state index contributed by atoms with van der Waals surface area (Å²) in [5, 5.41) is 13.4. The Morgan fingerprint density at radius 3 is 2.58 bits per heavy atom. The normalized spacial score (nSPS) is 19.0. The van der Waals surface area contributed by atoms with Gasteiger partial charge < -0.3 is 9.67 Å². The van der Waals surface area contributed by atoms with Crippen LogP contribution in [0.5, 0.6) is 0 Å². The van der Waals surface area contributed by atoms with Crippen LogP contribution in [-0.4, -0.2) is 20.6 Å². The van der Waals surface area contributed by atoms with Crippen LogP contribution >= 0.6 is 0 Å². The monoisotopic (exact) mass is 355 g/mol. The van der Waals surface area contributed by atoms with Crippen LogP contribution < -0.4 is 5.32 Å². The smallest absolute Gasteiger partial charge is 0.226 e. The van der Waals surface area contributed by atoms with Crippen molar-refractivity contribution in [3.8, 4) is 0 Å². The number of benzene rings is 1. The van der Waals surface area contributed by atoms with Gasteiger partial charge in [-0.2, -0.15) is 0 Å². The Bertz CT molecular complexity index is 809. The number of carbonyl (C=O) groups excluding carboxylic acids is 1. The number of amides is 1. The van der Waals surface area contributed by atoms with E-state index < -0.39 is 5.60 Å². The number of carbonyl (C=O) groups is 1. The van der Waals surface area contributed by atoms with Crippen LogP contribution in [0.3, 0.4) is 0 Å². The van der Waals surface area contributed by atoms with E-state index in [0.717, 1.165) is 29.4 Å². The molecule has 26 heavy (non-hydrogen) atoms. The largest absolute Gasteiger partial charge is 0.386 e. The Morgan fingerprint density at radius 1 is 1.23 bits per heavy atom. The molecule has 5 heteroatoms. The molecule has 2 saturated carbocycles. The highest BCUT2D eigenvalue weighted by Gasteiger charge is 2.27. The highest BCUT2D eigenvalue weighted by atomic mass is 16.3. The standard InChI is InChI=1S/C21H29N3O2/c1-21(2,26)15-10-11-17-18(13-15)24(16-8-5-9-16)20(22-17)23-19(25)12-14-6-3-4-7-14/h10-11,13-14,16,26H,3-9,12H2,1-2H3,(H,22,23,25). The number of nitrogens with zero attached hydrogens (tertiary/aromatic N) is 2. The number of fused-ring (bicyclic) bond motifs is 1. The van der Waals surface area contributed by atoms with E-state index in [1.807, 2.05) is 18.2 Å². The van der Waals surface area contributed by atoms with Gasteiger partial charge in [-0.3, -0.25) is 10.1 Å². The van der Waals surface area contributed by atoms with E-state index in [-0.39, 0.29) is 5.91 Å². The maximum Gasteiger partial charge on any atom is 0.226 e. The molecule has 0 aliphatic heterocycles. The lowest BCUT2D eigenvalue weighted by Gasteiger charge is -2.29. The number of imidazole rings is 1. The molecule has 1 amide bonds. The molecule has 2 aliphatic rings. The van der Waals surface area contributed by atoms with Gasteiger partial charge >= 0.3 is 0 Å². The number of aliphatic hydroxyl groups is 1. The summed E-state index contributed by atoms with van der Waals surface area (Å²) in [5.74, 6) is 1.27. The predicted molar refractivity (Wildman–Crippen MR) is 103 cm³/mol. The third kappa shape index (κ3) is 3.37. The molecular formula is C21H29N3O2. The molecule has 5 nitrogen and oxygen atoms in total. The molecule has 2 aliphatic carbocycles. The number of nitrogens with one attached hydrogen (secondary N) is 1. The lowest BCUT2D eigenvalue weighted by atomic mass is 9.92. The van der Waals surface area contributed by atoms with Crippen molar-refractivity contribution in [1.29, 1.82) is 0 Å². The second-order valence-corrected chi connectivity index (χ2v) is 8.56. The summed E-state index contributed by atoms with van der Waals surface area (Å²) in [7, 11) is 0. The first-order valence-electron chi connectivity index (χ1n) is 9.96. The molecule has 1 aromatic carbocycles. The van der Waals surface area contributed by atoms with E-state index in [1.54, 1.807) is 13.8 Å². The molecule has 0 saturated heterocycles. The number of hydrogen-bond donors (Lipinski definition) is 2. The first kappa shape index (κ1) is 17.5. The summed E-state index contributed by atoms with van der Waals surface area (Å²) in [4.78, 5) is 17.3. The molecule has 2 fully saturated rings. The SMILES string of the molecule is CC(C)(O)c1ccc2nc(NC(=O)CC3CCCC3)n(C3CCC3)c2c1. The summed E-state index contributed by atoms with van der Waals surface area (Å²) >= 11 is 0. The Morgan fingerprint density at radius 2 is 1.96 bits per heavy atom. The van der Waals surface area contributed by atoms with Gasteiger partial charge in [-0.1, -0.05) is 18.9 Å². The van der Waals surface area contributed by atoms with Gasteiger partial charge in [-0.25, -0.2) is 4.98 Å². The third-order valence-electron chi connectivity index (χ3n) is 6.04. The van der Waals surface area contributed by atoms with Crippen molar-refractivity contribution in [3.05, 3.63) is 23.8 Å². The van der Waals surface area contributed by atoms with Gasteiger partial charge in [0.15, 0.2) is 0 Å². The summed E-state index contributed by atoms with van der Waals surface area (Å²) < 4.78 is 2.18. The topological polar surface area (TPSA) is 67.2 Å². The Balaban J connectivity index is 1.65. The molecular weight excluding hydrogens is 326 g/mol. The van der Waals surface area contributed by atoms with Crippen LogP contribution in [0.2, 0.25) is 0 Å². The van der Waals surface area contributed by atoms with Gasteiger partial charge in [0.25, 0.3) is 0 Å². The molecule has 1 heterocycles. The molecule has 0 atom stereocenters. The van der Waals surface area contributed by atoms with Crippen LogP contribution in [0.1, 0.15) is 76.8 Å². The van der Waals surface area contributed by atoms with E-state index in [1.165, 1.54) is 32.1 Å². The molecule has 140 valence electrons. The average Bonchev–Trinajstić information content (AvgIpc) is 3.13. The maximum atomic E-state index is 12.5. The number of aromatic nitrogens is 2. The first-order chi connectivity index (χ1) is 12.4. The summed E-state index contributed by atoms with van der Waals surface area (Å²) in [6, 6.07) is 6.28. The van der Waals surface area contributed by atoms with E-state index in [2.05, 4.69) is 9.88 Å². The Labute approximate surface area is 154 Å². The Hall–Kier alpha value is -1.88. The Kier molecular flexibility index (Phi) is 4.51. The van der Waals surface area contributed by atoms with Gasteiger partial charge in [0.1, 0.15) is 0 Å². The summed E-state index contributed by atoms with van der Waals surface area (Å²) in [5.41, 5.74) is 1.86. The molecule has 2 N–H and O–H groups in total. The third-order valence-corrected chi connectivity index (χ3v) is 6.04. The van der Waals surface area contributed by atoms with Crippen LogP contribution in [-0.2, 0) is 10.4 Å². The van der Waals surface area contributed by atoms with Crippen molar-refractivity contribution < 1.29 is 9.90 Å². The second kappa shape index (κ2) is 6.69. The first-order valence-corrected chi connectivity index (χ1v) is 9.96. The van der Waals surface area contributed by atoms with E-state index in [4.69, 9.17) is 4.98 Å². The van der Waals surface area contributed by atoms with Gasteiger partial charge in [-0.15, -0.1) is 0 Å². The number of rotatable bonds is 5. The molecule has 4 rings (SSSR count). The van der Waals surface area contributed by atoms with Gasteiger partial charge in [0, 0.05) is 12.5 Å². The summed E-state index contributed by atoms with van der Waals surface area (Å²) in [6.45, 7) is 3.59. The van der Waals surface area contributed by atoms with E-state index >= 15 is 0 Å². The van der Waals surface area contributed by atoms with E-state index in [0.29, 0.717) is 24.3 Å². The van der Waals surface area contributed by atoms with Crippen LogP contribution in [0, 0.1) is 5.92 Å². The molecule has 0 radical (unpaired) electrons. The van der Waals surface area contributed by atoms with Gasteiger partial charge in [0.2, 0.25) is 11.9 Å². The fraction of sp³-hybridized carbons (Fsp3) is 0.619. The molecule has 0 spiro atoms. The van der Waals surface area contributed by atoms with Crippen molar-refractivity contribution in [3.63, 3.8) is 0 Å². The predicted octanol–water partition coefficient (Wildman–Crippen LogP) is 4.51. The fourth-order valence-electron chi connectivity index (χ4n) is 4.23. The van der Waals surface area contributed by atoms with Gasteiger partial charge in [-0.05, 0) is 69.6 Å². The number of hydrogen-bond acceptors (Lipinski definition) is 3. The van der Waals surface area contributed by atoms with Crippen LogP contribution in [0.25, 0.3) is 11.0 Å². The van der Waals surface area contributed by atoms with Gasteiger partial charge in [0.05, 0.1) is 16.6 Å². The van der Waals surface area contributed by atoms with Crippen molar-refractivity contribution in [2.75, 3.05) is 5.32 Å². The molecule has 0 unspecified atom stereocenters. The minimum absolute atomic E-state index is 0.0792.